The van der Waals surface area contributed by atoms with Crippen molar-refractivity contribution in [3.63, 3.8) is 0 Å². The number of carbonyl (C=O) groups is 1. The maximum absolute atomic E-state index is 12.1. The number of benzene rings is 1. The molecule has 1 aliphatic heterocycles. The summed E-state index contributed by atoms with van der Waals surface area (Å²) in [5.74, 6) is 0.701. The number of fused-ring (bicyclic) bond motifs is 2. The van der Waals surface area contributed by atoms with Gasteiger partial charge >= 0.3 is 6.03 Å². The Kier molecular flexibility index (Phi) is 4.69. The van der Waals surface area contributed by atoms with E-state index in [4.69, 9.17) is 5.73 Å². The number of pyridine rings is 1. The molecule has 1 unspecified atom stereocenters. The minimum absolute atomic E-state index is 0.240. The highest BCUT2D eigenvalue weighted by Gasteiger charge is 2.29. The normalized spacial score (nSPS) is 16.1. The van der Waals surface area contributed by atoms with Gasteiger partial charge in [-0.15, -0.1) is 0 Å². The summed E-state index contributed by atoms with van der Waals surface area (Å²) >= 11 is 0. The number of nitrogens with zero attached hydrogens (tertiary/aromatic N) is 5. The standard InChI is InChI=1S/C24H21N9O/c25-24(34)33-8-6-14(10-21(33)19-3-1-2-7-26-19)20-11-17-22(27-13-28-23(17)31-20)30-16-4-5-18-15(9-16)12-29-32-18/h1-7,9,11-13,21H,8,10H2,(H2,25,34)(H,29,32)(H2,27,28,30,31). The quantitative estimate of drug-likeness (QED) is 0.327. The van der Waals surface area contributed by atoms with Crippen molar-refractivity contribution in [2.24, 2.45) is 5.73 Å². The highest BCUT2D eigenvalue weighted by atomic mass is 16.2. The molecule has 0 spiro atoms. The molecule has 1 aromatic carbocycles. The zero-order valence-electron chi connectivity index (χ0n) is 18.1. The fraction of sp³-hybridized carbons (Fsp3) is 0.125. The predicted molar refractivity (Wildman–Crippen MR) is 129 cm³/mol. The van der Waals surface area contributed by atoms with Crippen LogP contribution in [0.25, 0.3) is 27.5 Å². The van der Waals surface area contributed by atoms with Crippen molar-refractivity contribution in [1.82, 2.24) is 35.0 Å². The molecule has 1 atom stereocenters. The van der Waals surface area contributed by atoms with Crippen LogP contribution in [0.4, 0.5) is 16.3 Å². The van der Waals surface area contributed by atoms with Gasteiger partial charge in [0, 0.05) is 35.9 Å². The second-order valence-corrected chi connectivity index (χ2v) is 8.16. The molecule has 0 saturated carbocycles. The lowest BCUT2D eigenvalue weighted by molar-refractivity contribution is 0.188. The molecule has 2 amide bonds. The Balaban J connectivity index is 1.33. The molecule has 5 aromatic rings. The zero-order valence-corrected chi connectivity index (χ0v) is 18.1. The van der Waals surface area contributed by atoms with Gasteiger partial charge in [-0.25, -0.2) is 14.8 Å². The van der Waals surface area contributed by atoms with Crippen LogP contribution in [0, 0.1) is 0 Å². The monoisotopic (exact) mass is 451 g/mol. The van der Waals surface area contributed by atoms with Gasteiger partial charge in [0.25, 0.3) is 0 Å². The topological polar surface area (TPSA) is 142 Å². The average Bonchev–Trinajstić information content (AvgIpc) is 3.51. The fourth-order valence-corrected chi connectivity index (χ4v) is 4.41. The second-order valence-electron chi connectivity index (χ2n) is 8.16. The highest BCUT2D eigenvalue weighted by molar-refractivity contribution is 5.93. The number of urea groups is 1. The van der Waals surface area contributed by atoms with Gasteiger partial charge in [0.15, 0.2) is 0 Å². The molecule has 0 saturated heterocycles. The van der Waals surface area contributed by atoms with Crippen molar-refractivity contribution in [3.8, 4) is 0 Å². The van der Waals surface area contributed by atoms with Crippen molar-refractivity contribution < 1.29 is 4.79 Å². The van der Waals surface area contributed by atoms with Gasteiger partial charge in [0.2, 0.25) is 0 Å². The van der Waals surface area contributed by atoms with Crippen LogP contribution in [0.2, 0.25) is 0 Å². The number of aromatic nitrogens is 6. The van der Waals surface area contributed by atoms with Crippen LogP contribution in [0.15, 0.2) is 67.3 Å². The number of nitrogens with two attached hydrogens (primary N) is 1. The molecule has 0 aliphatic carbocycles. The van der Waals surface area contributed by atoms with Crippen LogP contribution in [0.5, 0.6) is 0 Å². The van der Waals surface area contributed by atoms with Crippen LogP contribution in [-0.4, -0.2) is 47.6 Å². The Morgan fingerprint density at radius 1 is 1.15 bits per heavy atom. The van der Waals surface area contributed by atoms with Gasteiger partial charge in [-0.2, -0.15) is 5.10 Å². The molecular formula is C24H21N9O. The summed E-state index contributed by atoms with van der Waals surface area (Å²) < 4.78 is 0. The lowest BCUT2D eigenvalue weighted by Gasteiger charge is -2.33. The summed E-state index contributed by atoms with van der Waals surface area (Å²) in [6, 6.07) is 13.0. The minimum atomic E-state index is -0.463. The first kappa shape index (κ1) is 19.9. The van der Waals surface area contributed by atoms with Crippen LogP contribution >= 0.6 is 0 Å². The maximum Gasteiger partial charge on any atom is 0.315 e. The van der Waals surface area contributed by atoms with E-state index < -0.39 is 6.03 Å². The molecule has 10 heteroatoms. The zero-order chi connectivity index (χ0) is 23.1. The number of rotatable bonds is 4. The van der Waals surface area contributed by atoms with Gasteiger partial charge in [-0.1, -0.05) is 12.1 Å². The number of anilines is 2. The van der Waals surface area contributed by atoms with E-state index in [1.54, 1.807) is 17.3 Å². The van der Waals surface area contributed by atoms with Crippen molar-refractivity contribution in [1.29, 1.82) is 0 Å². The van der Waals surface area contributed by atoms with Gasteiger partial charge in [-0.3, -0.25) is 10.1 Å². The van der Waals surface area contributed by atoms with Gasteiger partial charge in [-0.05, 0) is 42.0 Å². The van der Waals surface area contributed by atoms with Crippen molar-refractivity contribution in [2.45, 2.75) is 12.5 Å². The molecule has 34 heavy (non-hydrogen) atoms. The second kappa shape index (κ2) is 8.00. The fourth-order valence-electron chi connectivity index (χ4n) is 4.41. The van der Waals surface area contributed by atoms with E-state index in [0.717, 1.165) is 44.6 Å². The molecule has 5 N–H and O–H groups in total. The van der Waals surface area contributed by atoms with Crippen LogP contribution in [0.3, 0.4) is 0 Å². The van der Waals surface area contributed by atoms with Crippen LogP contribution < -0.4 is 11.1 Å². The Labute approximate surface area is 193 Å². The SMILES string of the molecule is NC(=O)N1CC=C(c2cc3c(Nc4ccc5[nH]ncc5c4)ncnc3[nH]2)CC1c1ccccn1. The third-order valence-corrected chi connectivity index (χ3v) is 6.11. The van der Waals surface area contributed by atoms with E-state index in [1.807, 2.05) is 48.5 Å². The lowest BCUT2D eigenvalue weighted by atomic mass is 9.95. The third kappa shape index (κ3) is 3.51. The number of aromatic amines is 2. The highest BCUT2D eigenvalue weighted by Crippen LogP contribution is 2.36. The molecule has 4 aromatic heterocycles. The van der Waals surface area contributed by atoms with E-state index in [2.05, 4.69) is 35.5 Å². The van der Waals surface area contributed by atoms with Gasteiger partial charge < -0.3 is 20.9 Å². The molecule has 5 heterocycles. The molecule has 168 valence electrons. The number of hydrogen-bond acceptors (Lipinski definition) is 6. The first-order valence-electron chi connectivity index (χ1n) is 10.9. The van der Waals surface area contributed by atoms with Gasteiger partial charge in [0.05, 0.1) is 28.8 Å². The van der Waals surface area contributed by atoms with E-state index in [-0.39, 0.29) is 6.04 Å². The van der Waals surface area contributed by atoms with E-state index in [9.17, 15) is 4.79 Å². The first-order valence-corrected chi connectivity index (χ1v) is 10.9. The molecule has 6 rings (SSSR count). The number of hydrogen-bond donors (Lipinski definition) is 4. The number of amides is 2. The van der Waals surface area contributed by atoms with Crippen LogP contribution in [-0.2, 0) is 0 Å². The number of carbonyl (C=O) groups excluding carboxylic acids is 1. The number of H-pyrrole nitrogens is 2. The molecule has 0 fully saturated rings. The summed E-state index contributed by atoms with van der Waals surface area (Å²) in [5, 5.41) is 12.3. The molecule has 0 radical (unpaired) electrons. The summed E-state index contributed by atoms with van der Waals surface area (Å²) in [6.45, 7) is 0.406. The maximum atomic E-state index is 12.1. The first-order chi connectivity index (χ1) is 16.7. The van der Waals surface area contributed by atoms with E-state index in [0.29, 0.717) is 18.8 Å². The Morgan fingerprint density at radius 2 is 2.09 bits per heavy atom. The largest absolute Gasteiger partial charge is 0.351 e. The number of primary amides is 1. The smallest absolute Gasteiger partial charge is 0.315 e. The average molecular weight is 451 g/mol. The predicted octanol–water partition coefficient (Wildman–Crippen LogP) is 3.88. The molecule has 0 bridgehead atoms. The Hall–Kier alpha value is -4.73. The van der Waals surface area contributed by atoms with Crippen molar-refractivity contribution >= 4 is 45.0 Å². The minimum Gasteiger partial charge on any atom is -0.351 e. The summed E-state index contributed by atoms with van der Waals surface area (Å²) in [7, 11) is 0. The lowest BCUT2D eigenvalue weighted by Crippen LogP contribution is -2.41. The van der Waals surface area contributed by atoms with Crippen molar-refractivity contribution in [2.75, 3.05) is 11.9 Å². The van der Waals surface area contributed by atoms with Crippen molar-refractivity contribution in [3.05, 3.63) is 78.6 Å². The summed E-state index contributed by atoms with van der Waals surface area (Å²) in [5.41, 5.74) is 11.0. The molecule has 1 aliphatic rings. The third-order valence-electron chi connectivity index (χ3n) is 6.11. The Bertz CT molecular complexity index is 1540. The summed E-state index contributed by atoms with van der Waals surface area (Å²) in [4.78, 5) is 30.4. The Morgan fingerprint density at radius 3 is 2.94 bits per heavy atom. The molecular weight excluding hydrogens is 430 g/mol. The number of nitrogens with one attached hydrogen (secondary N) is 3. The molecule has 10 nitrogen and oxygen atoms in total. The van der Waals surface area contributed by atoms with E-state index in [1.165, 1.54) is 6.33 Å². The van der Waals surface area contributed by atoms with E-state index >= 15 is 0 Å². The van der Waals surface area contributed by atoms with Gasteiger partial charge in [0.1, 0.15) is 17.8 Å². The summed E-state index contributed by atoms with van der Waals surface area (Å²) in [6.07, 6.45) is 7.64. The van der Waals surface area contributed by atoms with Crippen LogP contribution in [0.1, 0.15) is 23.9 Å².